The minimum absolute atomic E-state index is 0.304. The number of aromatic nitrogens is 1. The number of para-hydroxylation sites is 1. The smallest absolute Gasteiger partial charge is 0.335 e. The predicted octanol–water partition coefficient (Wildman–Crippen LogP) is 3.93. The third-order valence-electron chi connectivity index (χ3n) is 2.69. The minimum atomic E-state index is -3.03. The van der Waals surface area contributed by atoms with E-state index in [4.69, 9.17) is 9.05 Å². The quantitative estimate of drug-likeness (QED) is 0.807. The fraction of sp³-hybridized carbons (Fsp3) is 0.385. The normalized spacial score (nSPS) is 12.1. The second kappa shape index (κ2) is 5.70. The summed E-state index contributed by atoms with van der Waals surface area (Å²) in [7, 11) is -3.03. The molecule has 0 unspecified atom stereocenters. The van der Waals surface area contributed by atoms with Crippen LogP contribution in [0.5, 0.6) is 0 Å². The number of fused-ring (bicyclic) bond motifs is 1. The Morgan fingerprint density at radius 2 is 1.83 bits per heavy atom. The van der Waals surface area contributed by atoms with Crippen LogP contribution >= 0.6 is 7.60 Å². The van der Waals surface area contributed by atoms with Gasteiger partial charge in [-0.05, 0) is 25.5 Å². The molecule has 2 aromatic rings. The van der Waals surface area contributed by atoms with Crippen LogP contribution in [-0.2, 0) is 19.8 Å². The maximum atomic E-state index is 12.5. The molecule has 0 fully saturated rings. The highest BCUT2D eigenvalue weighted by atomic mass is 31.2. The van der Waals surface area contributed by atoms with Gasteiger partial charge in [-0.15, -0.1) is 0 Å². The lowest BCUT2D eigenvalue weighted by molar-refractivity contribution is 0.219. The molecule has 0 bridgehead atoms. The number of hydrogen-bond donors (Lipinski definition) is 1. The van der Waals surface area contributed by atoms with E-state index in [2.05, 4.69) is 4.98 Å². The van der Waals surface area contributed by atoms with Crippen LogP contribution in [0, 0.1) is 0 Å². The second-order valence-corrected chi connectivity index (χ2v) is 6.02. The van der Waals surface area contributed by atoms with Gasteiger partial charge < -0.3 is 14.0 Å². The van der Waals surface area contributed by atoms with E-state index in [9.17, 15) is 4.57 Å². The van der Waals surface area contributed by atoms with E-state index in [1.165, 1.54) is 0 Å². The number of aromatic amines is 1. The Morgan fingerprint density at radius 1 is 1.17 bits per heavy atom. The SMILES string of the molecule is CCOP(=O)(Cc1c[nH]c2ccccc12)OCC. The summed E-state index contributed by atoms with van der Waals surface area (Å²) >= 11 is 0. The van der Waals surface area contributed by atoms with Crippen LogP contribution in [0.15, 0.2) is 30.5 Å². The van der Waals surface area contributed by atoms with Gasteiger partial charge >= 0.3 is 7.60 Å². The standard InChI is InChI=1S/C13H18NO3P/c1-3-16-18(15,17-4-2)10-11-9-14-13-8-6-5-7-12(11)13/h5-9,14H,3-4,10H2,1-2H3. The average Bonchev–Trinajstić information content (AvgIpc) is 2.73. The van der Waals surface area contributed by atoms with Gasteiger partial charge in [-0.25, -0.2) is 0 Å². The van der Waals surface area contributed by atoms with E-state index in [-0.39, 0.29) is 0 Å². The van der Waals surface area contributed by atoms with Crippen molar-refractivity contribution in [1.29, 1.82) is 0 Å². The largest absolute Gasteiger partial charge is 0.361 e. The summed E-state index contributed by atoms with van der Waals surface area (Å²) in [4.78, 5) is 3.16. The maximum absolute atomic E-state index is 12.5. The van der Waals surface area contributed by atoms with Crippen molar-refractivity contribution in [3.63, 3.8) is 0 Å². The molecule has 0 saturated heterocycles. The Balaban J connectivity index is 2.29. The zero-order chi connectivity index (χ0) is 13.0. The van der Waals surface area contributed by atoms with Gasteiger partial charge in [-0.2, -0.15) is 0 Å². The van der Waals surface area contributed by atoms with Crippen LogP contribution in [0.4, 0.5) is 0 Å². The Morgan fingerprint density at radius 3 is 2.50 bits per heavy atom. The predicted molar refractivity (Wildman–Crippen MR) is 72.9 cm³/mol. The van der Waals surface area contributed by atoms with E-state index < -0.39 is 7.60 Å². The molecule has 98 valence electrons. The van der Waals surface area contributed by atoms with Crippen LogP contribution in [0.1, 0.15) is 19.4 Å². The molecule has 1 aromatic carbocycles. The molecule has 1 aromatic heterocycles. The van der Waals surface area contributed by atoms with Gasteiger partial charge in [0.2, 0.25) is 0 Å². The van der Waals surface area contributed by atoms with Crippen molar-refractivity contribution in [1.82, 2.24) is 4.98 Å². The van der Waals surface area contributed by atoms with Crippen molar-refractivity contribution in [3.8, 4) is 0 Å². The summed E-state index contributed by atoms with van der Waals surface area (Å²) in [5.41, 5.74) is 2.00. The van der Waals surface area contributed by atoms with Gasteiger partial charge in [0, 0.05) is 17.1 Å². The van der Waals surface area contributed by atoms with Gasteiger partial charge in [-0.1, -0.05) is 18.2 Å². The average molecular weight is 267 g/mol. The first kappa shape index (κ1) is 13.3. The van der Waals surface area contributed by atoms with Crippen LogP contribution in [-0.4, -0.2) is 18.2 Å². The van der Waals surface area contributed by atoms with Crippen LogP contribution in [0.2, 0.25) is 0 Å². The lowest BCUT2D eigenvalue weighted by atomic mass is 10.2. The number of rotatable bonds is 6. The molecule has 18 heavy (non-hydrogen) atoms. The number of hydrogen-bond acceptors (Lipinski definition) is 3. The molecular weight excluding hydrogens is 249 g/mol. The van der Waals surface area contributed by atoms with Gasteiger partial charge in [0.05, 0.1) is 19.4 Å². The molecular formula is C13H18NO3P. The zero-order valence-electron chi connectivity index (χ0n) is 10.7. The summed E-state index contributed by atoms with van der Waals surface area (Å²) in [5, 5.41) is 1.07. The zero-order valence-corrected chi connectivity index (χ0v) is 11.6. The molecule has 1 heterocycles. The first-order valence-corrected chi connectivity index (χ1v) is 7.84. The van der Waals surface area contributed by atoms with Crippen molar-refractivity contribution >= 4 is 18.5 Å². The fourth-order valence-corrected chi connectivity index (χ4v) is 3.72. The molecule has 2 rings (SSSR count). The van der Waals surface area contributed by atoms with E-state index in [0.29, 0.717) is 19.4 Å². The Bertz CT molecular complexity index is 554. The van der Waals surface area contributed by atoms with E-state index in [1.54, 1.807) is 0 Å². The molecule has 0 aliphatic heterocycles. The third kappa shape index (κ3) is 2.83. The third-order valence-corrected chi connectivity index (χ3v) is 4.72. The molecule has 4 nitrogen and oxygen atoms in total. The van der Waals surface area contributed by atoms with Crippen LogP contribution in [0.25, 0.3) is 10.9 Å². The summed E-state index contributed by atoms with van der Waals surface area (Å²) in [6.07, 6.45) is 2.17. The topological polar surface area (TPSA) is 51.3 Å². The molecule has 1 N–H and O–H groups in total. The Labute approximate surface area is 107 Å². The molecule has 0 spiro atoms. The highest BCUT2D eigenvalue weighted by Gasteiger charge is 2.25. The monoisotopic (exact) mass is 267 g/mol. The summed E-state index contributed by atoms with van der Waals surface area (Å²) in [5.74, 6) is 0. The molecule has 0 amide bonds. The van der Waals surface area contributed by atoms with Crippen molar-refractivity contribution < 1.29 is 13.6 Å². The summed E-state index contributed by atoms with van der Waals surface area (Å²) in [6, 6.07) is 7.92. The van der Waals surface area contributed by atoms with Crippen molar-refractivity contribution in [3.05, 3.63) is 36.0 Å². The fourth-order valence-electron chi connectivity index (χ4n) is 1.99. The number of benzene rings is 1. The molecule has 5 heteroatoms. The van der Waals surface area contributed by atoms with Gasteiger partial charge in [0.25, 0.3) is 0 Å². The van der Waals surface area contributed by atoms with Crippen molar-refractivity contribution in [2.75, 3.05) is 13.2 Å². The highest BCUT2D eigenvalue weighted by molar-refractivity contribution is 7.53. The first-order valence-electron chi connectivity index (χ1n) is 6.11. The van der Waals surface area contributed by atoms with Gasteiger partial charge in [-0.3, -0.25) is 4.57 Å². The van der Waals surface area contributed by atoms with Gasteiger partial charge in [0.15, 0.2) is 0 Å². The highest BCUT2D eigenvalue weighted by Crippen LogP contribution is 2.52. The minimum Gasteiger partial charge on any atom is -0.361 e. The molecule has 0 atom stereocenters. The van der Waals surface area contributed by atoms with Crippen molar-refractivity contribution in [2.45, 2.75) is 20.0 Å². The molecule has 0 saturated carbocycles. The molecule has 0 aliphatic carbocycles. The lowest BCUT2D eigenvalue weighted by Gasteiger charge is -2.16. The molecule has 0 aliphatic rings. The second-order valence-electron chi connectivity index (χ2n) is 3.96. The Kier molecular flexibility index (Phi) is 4.23. The maximum Gasteiger partial charge on any atom is 0.335 e. The number of nitrogens with one attached hydrogen (secondary N) is 1. The lowest BCUT2D eigenvalue weighted by Crippen LogP contribution is -1.98. The van der Waals surface area contributed by atoms with Crippen LogP contribution < -0.4 is 0 Å². The first-order chi connectivity index (χ1) is 8.68. The van der Waals surface area contributed by atoms with E-state index in [0.717, 1.165) is 16.5 Å². The Hall–Kier alpha value is -1.09. The number of H-pyrrole nitrogens is 1. The summed E-state index contributed by atoms with van der Waals surface area (Å²) < 4.78 is 23.1. The summed E-state index contributed by atoms with van der Waals surface area (Å²) in [6.45, 7) is 4.42. The van der Waals surface area contributed by atoms with Crippen LogP contribution in [0.3, 0.4) is 0 Å². The van der Waals surface area contributed by atoms with E-state index in [1.807, 2.05) is 44.3 Å². The van der Waals surface area contributed by atoms with Crippen molar-refractivity contribution in [2.24, 2.45) is 0 Å². The van der Waals surface area contributed by atoms with Gasteiger partial charge in [0.1, 0.15) is 0 Å². The molecule has 0 radical (unpaired) electrons. The van der Waals surface area contributed by atoms with E-state index >= 15 is 0 Å².